The van der Waals surface area contributed by atoms with E-state index in [-0.39, 0.29) is 0 Å². The van der Waals surface area contributed by atoms with Crippen molar-refractivity contribution in [1.29, 1.82) is 0 Å². The molecule has 1 amide bonds. The van der Waals surface area contributed by atoms with Crippen LogP contribution in [0.15, 0.2) is 0 Å². The smallest absolute Gasteiger partial charge is 0.424 e. The molecule has 2 aromatic rings. The molecule has 0 unspecified atom stereocenters. The number of imidazole rings is 1. The molecule has 2 aromatic heterocycles. The average molecular weight is 283 g/mol. The van der Waals surface area contributed by atoms with Gasteiger partial charge in [0.05, 0.1) is 5.52 Å². The zero-order valence-corrected chi connectivity index (χ0v) is 11.7. The number of pyridine rings is 1. The molecular formula is C12H15ClN4O2. The second-order valence-corrected chi connectivity index (χ2v) is 4.70. The van der Waals surface area contributed by atoms with Crippen molar-refractivity contribution in [2.75, 3.05) is 5.43 Å². The first-order valence-corrected chi connectivity index (χ1v) is 6.37. The van der Waals surface area contributed by atoms with Crippen molar-refractivity contribution in [3.8, 4) is 0 Å². The molecule has 0 saturated carbocycles. The Bertz CT molecular complexity index is 651. The summed E-state index contributed by atoms with van der Waals surface area (Å²) in [4.78, 5) is 19.5. The van der Waals surface area contributed by atoms with Crippen molar-refractivity contribution in [3.05, 3.63) is 22.2 Å². The van der Waals surface area contributed by atoms with Gasteiger partial charge in [-0.05, 0) is 25.8 Å². The van der Waals surface area contributed by atoms with E-state index in [4.69, 9.17) is 16.7 Å². The highest BCUT2D eigenvalue weighted by molar-refractivity contribution is 6.33. The number of hydrogen-bond donors (Lipinski definition) is 2. The Labute approximate surface area is 115 Å². The fraction of sp³-hybridized carbons (Fsp3) is 0.417. The third-order valence-corrected chi connectivity index (χ3v) is 3.25. The monoisotopic (exact) mass is 282 g/mol. The molecule has 0 fully saturated rings. The van der Waals surface area contributed by atoms with E-state index in [1.807, 2.05) is 20.8 Å². The lowest BCUT2D eigenvalue weighted by Crippen LogP contribution is -2.23. The molecule has 0 atom stereocenters. The van der Waals surface area contributed by atoms with Crippen molar-refractivity contribution >= 4 is 28.7 Å². The number of aryl methyl sites for hydroxylation is 3. The Kier molecular flexibility index (Phi) is 3.61. The van der Waals surface area contributed by atoms with E-state index in [2.05, 4.69) is 15.4 Å². The second kappa shape index (κ2) is 5.05. The molecule has 0 aromatic carbocycles. The molecule has 7 heteroatoms. The van der Waals surface area contributed by atoms with Gasteiger partial charge in [-0.25, -0.2) is 24.9 Å². The van der Waals surface area contributed by atoms with Crippen LogP contribution in [0.4, 0.5) is 4.79 Å². The topological polar surface area (TPSA) is 80.0 Å². The van der Waals surface area contributed by atoms with E-state index in [1.54, 1.807) is 0 Å². The van der Waals surface area contributed by atoms with E-state index in [9.17, 15) is 4.79 Å². The van der Waals surface area contributed by atoms with Crippen LogP contribution in [-0.2, 0) is 6.42 Å². The number of nitrogens with zero attached hydrogens (tertiary/aromatic N) is 3. The van der Waals surface area contributed by atoms with Gasteiger partial charge in [-0.15, -0.1) is 0 Å². The molecule has 0 aliphatic heterocycles. The summed E-state index contributed by atoms with van der Waals surface area (Å²) < 4.78 is 1.48. The lowest BCUT2D eigenvalue weighted by Gasteiger charge is -2.10. The fourth-order valence-corrected chi connectivity index (χ4v) is 2.28. The van der Waals surface area contributed by atoms with Crippen LogP contribution in [0.3, 0.4) is 0 Å². The number of hydrogen-bond acceptors (Lipinski definition) is 3. The van der Waals surface area contributed by atoms with E-state index >= 15 is 0 Å². The predicted octanol–water partition coefficient (Wildman–Crippen LogP) is 2.88. The first-order valence-electron chi connectivity index (χ1n) is 5.99. The zero-order valence-electron chi connectivity index (χ0n) is 11.0. The van der Waals surface area contributed by atoms with Gasteiger partial charge in [0.15, 0.2) is 5.15 Å². The number of rotatable bonds is 3. The molecule has 0 saturated heterocycles. The molecule has 0 aliphatic carbocycles. The number of carboxylic acid groups (broad SMARTS) is 1. The first-order chi connectivity index (χ1) is 8.95. The van der Waals surface area contributed by atoms with Crippen LogP contribution in [0, 0.1) is 13.8 Å². The van der Waals surface area contributed by atoms with E-state index in [0.29, 0.717) is 28.4 Å². The Hall–Kier alpha value is -1.82. The standard InChI is InChI=1S/C12H15ClN4O2/c1-4-5-8-15-9-10(17(8)16-12(18)19)6(2)7(3)14-11(9)13/h16H,4-5H2,1-3H3,(H,18,19). The van der Waals surface area contributed by atoms with Crippen LogP contribution in [0.1, 0.15) is 30.4 Å². The van der Waals surface area contributed by atoms with Crippen LogP contribution in [-0.4, -0.2) is 25.8 Å². The molecule has 2 N–H and O–H groups in total. The van der Waals surface area contributed by atoms with Crippen LogP contribution in [0.25, 0.3) is 11.0 Å². The maximum Gasteiger partial charge on any atom is 0.424 e. The number of amides is 1. The van der Waals surface area contributed by atoms with Crippen LogP contribution < -0.4 is 5.43 Å². The highest BCUT2D eigenvalue weighted by Gasteiger charge is 2.18. The van der Waals surface area contributed by atoms with Crippen molar-refractivity contribution in [1.82, 2.24) is 14.6 Å². The Morgan fingerprint density at radius 2 is 2.11 bits per heavy atom. The Morgan fingerprint density at radius 1 is 1.42 bits per heavy atom. The maximum absolute atomic E-state index is 10.9. The van der Waals surface area contributed by atoms with Crippen molar-refractivity contribution in [3.63, 3.8) is 0 Å². The average Bonchev–Trinajstić information content (AvgIpc) is 2.66. The van der Waals surface area contributed by atoms with Gasteiger partial charge in [0.25, 0.3) is 0 Å². The highest BCUT2D eigenvalue weighted by Crippen LogP contribution is 2.27. The first kappa shape index (κ1) is 13.6. The van der Waals surface area contributed by atoms with Gasteiger partial charge >= 0.3 is 6.09 Å². The fourth-order valence-electron chi connectivity index (χ4n) is 2.02. The molecule has 2 heterocycles. The minimum Gasteiger partial charge on any atom is -0.464 e. The van der Waals surface area contributed by atoms with Gasteiger partial charge in [-0.3, -0.25) is 0 Å². The predicted molar refractivity (Wildman–Crippen MR) is 73.4 cm³/mol. The highest BCUT2D eigenvalue weighted by atomic mass is 35.5. The minimum atomic E-state index is -1.14. The minimum absolute atomic E-state index is 0.293. The zero-order chi connectivity index (χ0) is 14.2. The summed E-state index contributed by atoms with van der Waals surface area (Å²) in [5, 5.41) is 9.25. The summed E-state index contributed by atoms with van der Waals surface area (Å²) in [7, 11) is 0. The molecule has 0 radical (unpaired) electrons. The molecular weight excluding hydrogens is 268 g/mol. The molecule has 0 aliphatic rings. The van der Waals surface area contributed by atoms with E-state index in [1.165, 1.54) is 4.68 Å². The third kappa shape index (κ3) is 2.35. The summed E-state index contributed by atoms with van der Waals surface area (Å²) in [6.07, 6.45) is 0.374. The quantitative estimate of drug-likeness (QED) is 0.848. The number of nitrogens with one attached hydrogen (secondary N) is 1. The molecule has 0 bridgehead atoms. The van der Waals surface area contributed by atoms with Gasteiger partial charge in [0, 0.05) is 12.1 Å². The SMILES string of the molecule is CCCc1nc2c(Cl)nc(C)c(C)c2n1NC(=O)O. The van der Waals surface area contributed by atoms with Gasteiger partial charge in [0.1, 0.15) is 11.3 Å². The molecule has 2 rings (SSSR count). The van der Waals surface area contributed by atoms with Crippen molar-refractivity contribution < 1.29 is 9.90 Å². The van der Waals surface area contributed by atoms with Gasteiger partial charge in [-0.1, -0.05) is 18.5 Å². The molecule has 6 nitrogen and oxygen atoms in total. The number of carbonyl (C=O) groups is 1. The van der Waals surface area contributed by atoms with Gasteiger partial charge in [0.2, 0.25) is 0 Å². The maximum atomic E-state index is 10.9. The molecule has 102 valence electrons. The van der Waals surface area contributed by atoms with Crippen LogP contribution >= 0.6 is 11.6 Å². The number of halogens is 1. The van der Waals surface area contributed by atoms with E-state index < -0.39 is 6.09 Å². The third-order valence-electron chi connectivity index (χ3n) is 2.99. The van der Waals surface area contributed by atoms with Gasteiger partial charge < -0.3 is 5.11 Å². The van der Waals surface area contributed by atoms with Crippen LogP contribution in [0.2, 0.25) is 5.15 Å². The summed E-state index contributed by atoms with van der Waals surface area (Å²) in [5.74, 6) is 0.636. The lowest BCUT2D eigenvalue weighted by atomic mass is 10.2. The van der Waals surface area contributed by atoms with Crippen molar-refractivity contribution in [2.45, 2.75) is 33.6 Å². The molecule has 0 spiro atoms. The second-order valence-electron chi connectivity index (χ2n) is 4.34. The Balaban J connectivity index is 2.78. The molecule has 19 heavy (non-hydrogen) atoms. The van der Waals surface area contributed by atoms with Crippen molar-refractivity contribution in [2.24, 2.45) is 0 Å². The van der Waals surface area contributed by atoms with E-state index in [0.717, 1.165) is 17.7 Å². The Morgan fingerprint density at radius 3 is 2.68 bits per heavy atom. The van der Waals surface area contributed by atoms with Gasteiger partial charge in [-0.2, -0.15) is 0 Å². The lowest BCUT2D eigenvalue weighted by molar-refractivity contribution is 0.206. The summed E-state index contributed by atoms with van der Waals surface area (Å²) >= 11 is 6.09. The summed E-state index contributed by atoms with van der Waals surface area (Å²) in [6, 6.07) is 0. The summed E-state index contributed by atoms with van der Waals surface area (Å²) in [6.45, 7) is 5.71. The summed E-state index contributed by atoms with van der Waals surface area (Å²) in [5.41, 5.74) is 5.18. The number of fused-ring (bicyclic) bond motifs is 1. The largest absolute Gasteiger partial charge is 0.464 e. The normalized spacial score (nSPS) is 10.9. The number of aromatic nitrogens is 3. The van der Waals surface area contributed by atoms with Crippen LogP contribution in [0.5, 0.6) is 0 Å².